The Hall–Kier alpha value is -0.180. The number of benzene rings is 1. The Morgan fingerprint density at radius 1 is 1.30 bits per heavy atom. The van der Waals surface area contributed by atoms with Crippen LogP contribution in [-0.2, 0) is 0 Å². The van der Waals surface area contributed by atoms with Gasteiger partial charge in [-0.3, -0.25) is 0 Å². The first-order chi connectivity index (χ1) is 9.72. The summed E-state index contributed by atoms with van der Waals surface area (Å²) in [6, 6.07) is 8.85. The van der Waals surface area contributed by atoms with Crippen LogP contribution in [0.5, 0.6) is 0 Å². The van der Waals surface area contributed by atoms with E-state index in [9.17, 15) is 0 Å². The minimum Gasteiger partial charge on any atom is -0.309 e. The number of rotatable bonds is 4. The first-order valence-electron chi connectivity index (χ1n) is 7.75. The Morgan fingerprint density at radius 2 is 2.05 bits per heavy atom. The molecule has 0 radical (unpaired) electrons. The Kier molecular flexibility index (Phi) is 4.64. The van der Waals surface area contributed by atoms with E-state index in [-0.39, 0.29) is 5.54 Å². The monoisotopic (exact) mass is 309 g/mol. The third-order valence-electron chi connectivity index (χ3n) is 5.01. The maximum Gasteiger partial charge on any atom is 0.0406 e. The molecule has 1 fully saturated rings. The van der Waals surface area contributed by atoms with E-state index in [0.717, 1.165) is 18.3 Å². The highest BCUT2D eigenvalue weighted by Gasteiger charge is 2.34. The number of hydrogen-bond acceptors (Lipinski definition) is 2. The van der Waals surface area contributed by atoms with E-state index in [1.54, 1.807) is 0 Å². The third kappa shape index (κ3) is 3.03. The van der Waals surface area contributed by atoms with Crippen LogP contribution in [0, 0.1) is 5.92 Å². The SMILES string of the molecule is CC1CCC(CCl)(NCC2CSc3ccccc32)CC1. The summed E-state index contributed by atoms with van der Waals surface area (Å²) in [5, 5.41) is 3.84. The largest absolute Gasteiger partial charge is 0.309 e. The second kappa shape index (κ2) is 6.29. The molecule has 1 unspecified atom stereocenters. The predicted octanol–water partition coefficient (Wildman–Crippen LogP) is 4.65. The number of nitrogens with one attached hydrogen (secondary N) is 1. The van der Waals surface area contributed by atoms with E-state index in [1.165, 1.54) is 41.9 Å². The molecule has 1 N–H and O–H groups in total. The maximum absolute atomic E-state index is 6.30. The van der Waals surface area contributed by atoms with Crippen molar-refractivity contribution in [3.05, 3.63) is 29.8 Å². The van der Waals surface area contributed by atoms with E-state index in [4.69, 9.17) is 11.6 Å². The van der Waals surface area contributed by atoms with Crippen molar-refractivity contribution in [1.82, 2.24) is 5.32 Å². The van der Waals surface area contributed by atoms with Crippen molar-refractivity contribution in [2.75, 3.05) is 18.2 Å². The average Bonchev–Trinajstić information content (AvgIpc) is 2.91. The molecule has 0 bridgehead atoms. The molecular weight excluding hydrogens is 286 g/mol. The highest BCUT2D eigenvalue weighted by atomic mass is 35.5. The zero-order valence-electron chi connectivity index (χ0n) is 12.2. The molecule has 0 amide bonds. The highest BCUT2D eigenvalue weighted by Crippen LogP contribution is 2.40. The van der Waals surface area contributed by atoms with Crippen LogP contribution < -0.4 is 5.32 Å². The highest BCUT2D eigenvalue weighted by molar-refractivity contribution is 7.99. The molecule has 1 aromatic rings. The molecule has 3 rings (SSSR count). The van der Waals surface area contributed by atoms with Gasteiger partial charge in [-0.2, -0.15) is 0 Å². The van der Waals surface area contributed by atoms with Gasteiger partial charge in [0.25, 0.3) is 0 Å². The standard InChI is InChI=1S/C17H24ClNS/c1-13-6-8-17(12-18,9-7-13)19-10-14-11-20-16-5-3-2-4-15(14)16/h2-5,13-14,19H,6-12H2,1H3. The molecule has 2 aliphatic rings. The fraction of sp³-hybridized carbons (Fsp3) is 0.647. The van der Waals surface area contributed by atoms with Crippen LogP contribution in [0.15, 0.2) is 29.2 Å². The first kappa shape index (κ1) is 14.7. The van der Waals surface area contributed by atoms with Crippen molar-refractivity contribution in [3.8, 4) is 0 Å². The Morgan fingerprint density at radius 3 is 2.80 bits per heavy atom. The fourth-order valence-corrected chi connectivity index (χ4v) is 5.03. The summed E-state index contributed by atoms with van der Waals surface area (Å²) in [5.41, 5.74) is 1.72. The lowest BCUT2D eigenvalue weighted by atomic mass is 9.78. The fourth-order valence-electron chi connectivity index (χ4n) is 3.41. The summed E-state index contributed by atoms with van der Waals surface area (Å²) < 4.78 is 0. The van der Waals surface area contributed by atoms with Crippen LogP contribution in [0.3, 0.4) is 0 Å². The summed E-state index contributed by atoms with van der Waals surface area (Å²) in [6.45, 7) is 3.44. The molecule has 1 aliphatic heterocycles. The second-order valence-corrected chi connectivity index (χ2v) is 7.85. The topological polar surface area (TPSA) is 12.0 Å². The molecule has 110 valence electrons. The lowest BCUT2D eigenvalue weighted by Gasteiger charge is -2.39. The molecule has 0 saturated heterocycles. The van der Waals surface area contributed by atoms with Crippen molar-refractivity contribution < 1.29 is 0 Å². The minimum absolute atomic E-state index is 0.191. The van der Waals surface area contributed by atoms with E-state index in [1.807, 2.05) is 11.8 Å². The number of thioether (sulfide) groups is 1. The molecule has 1 saturated carbocycles. The van der Waals surface area contributed by atoms with E-state index < -0.39 is 0 Å². The lowest BCUT2D eigenvalue weighted by Crippen LogP contribution is -2.50. The van der Waals surface area contributed by atoms with Crippen molar-refractivity contribution in [1.29, 1.82) is 0 Å². The number of halogens is 1. The lowest BCUT2D eigenvalue weighted by molar-refractivity contribution is 0.216. The van der Waals surface area contributed by atoms with Crippen LogP contribution in [-0.4, -0.2) is 23.7 Å². The van der Waals surface area contributed by atoms with Gasteiger partial charge in [0.05, 0.1) is 0 Å². The summed E-state index contributed by atoms with van der Waals surface area (Å²) in [6.07, 6.45) is 5.10. The van der Waals surface area contributed by atoms with Gasteiger partial charge >= 0.3 is 0 Å². The Labute approximate surface area is 131 Å². The van der Waals surface area contributed by atoms with Gasteiger partial charge in [0.1, 0.15) is 0 Å². The number of alkyl halides is 1. The summed E-state index contributed by atoms with van der Waals surface area (Å²) >= 11 is 8.30. The minimum atomic E-state index is 0.191. The van der Waals surface area contributed by atoms with E-state index >= 15 is 0 Å². The van der Waals surface area contributed by atoms with E-state index in [0.29, 0.717) is 5.92 Å². The summed E-state index contributed by atoms with van der Waals surface area (Å²) in [7, 11) is 0. The molecule has 1 heterocycles. The number of hydrogen-bond donors (Lipinski definition) is 1. The third-order valence-corrected chi connectivity index (χ3v) is 6.77. The van der Waals surface area contributed by atoms with Gasteiger partial charge in [0.2, 0.25) is 0 Å². The van der Waals surface area contributed by atoms with E-state index in [2.05, 4.69) is 36.5 Å². The molecule has 0 spiro atoms. The molecule has 1 aliphatic carbocycles. The summed E-state index contributed by atoms with van der Waals surface area (Å²) in [5.74, 6) is 3.48. The molecule has 1 aromatic carbocycles. The smallest absolute Gasteiger partial charge is 0.0406 e. The number of fused-ring (bicyclic) bond motifs is 1. The van der Waals surface area contributed by atoms with Gasteiger partial charge in [-0.05, 0) is 43.2 Å². The molecule has 3 heteroatoms. The Balaban J connectivity index is 1.62. The Bertz CT molecular complexity index is 454. The average molecular weight is 310 g/mol. The summed E-state index contributed by atoms with van der Waals surface area (Å²) in [4.78, 5) is 1.47. The second-order valence-electron chi connectivity index (χ2n) is 6.52. The van der Waals surface area contributed by atoms with Gasteiger partial charge < -0.3 is 5.32 Å². The van der Waals surface area contributed by atoms with Crippen molar-refractivity contribution in [2.45, 2.75) is 49.0 Å². The van der Waals surface area contributed by atoms with Crippen molar-refractivity contribution in [2.24, 2.45) is 5.92 Å². The molecule has 0 aromatic heterocycles. The molecular formula is C17H24ClNS. The van der Waals surface area contributed by atoms with Crippen LogP contribution in [0.2, 0.25) is 0 Å². The van der Waals surface area contributed by atoms with Gasteiger partial charge in [0.15, 0.2) is 0 Å². The maximum atomic E-state index is 6.30. The quantitative estimate of drug-likeness (QED) is 0.812. The normalized spacial score (nSPS) is 33.1. The van der Waals surface area contributed by atoms with Crippen LogP contribution in [0.25, 0.3) is 0 Å². The van der Waals surface area contributed by atoms with Crippen LogP contribution in [0.1, 0.15) is 44.1 Å². The molecule has 20 heavy (non-hydrogen) atoms. The van der Waals surface area contributed by atoms with Gasteiger partial charge in [-0.1, -0.05) is 25.1 Å². The van der Waals surface area contributed by atoms with Gasteiger partial charge in [0, 0.05) is 34.5 Å². The zero-order chi connectivity index (χ0) is 14.0. The zero-order valence-corrected chi connectivity index (χ0v) is 13.8. The van der Waals surface area contributed by atoms with Gasteiger partial charge in [-0.15, -0.1) is 23.4 Å². The van der Waals surface area contributed by atoms with Crippen LogP contribution >= 0.6 is 23.4 Å². The van der Waals surface area contributed by atoms with Crippen LogP contribution in [0.4, 0.5) is 0 Å². The molecule has 1 nitrogen and oxygen atoms in total. The first-order valence-corrected chi connectivity index (χ1v) is 9.27. The molecule has 1 atom stereocenters. The predicted molar refractivity (Wildman–Crippen MR) is 89.0 cm³/mol. The van der Waals surface area contributed by atoms with Crippen molar-refractivity contribution in [3.63, 3.8) is 0 Å². The van der Waals surface area contributed by atoms with Gasteiger partial charge in [-0.25, -0.2) is 0 Å². The van der Waals surface area contributed by atoms with Crippen molar-refractivity contribution >= 4 is 23.4 Å².